The summed E-state index contributed by atoms with van der Waals surface area (Å²) in [5.74, 6) is 0.474. The Balaban J connectivity index is 1.75. The third kappa shape index (κ3) is 5.46. The Morgan fingerprint density at radius 1 is 0.931 bits per heavy atom. The number of hydrogen-bond acceptors (Lipinski definition) is 3. The van der Waals surface area contributed by atoms with Crippen LogP contribution in [0.25, 0.3) is 11.1 Å². The van der Waals surface area contributed by atoms with Crippen LogP contribution in [0.2, 0.25) is 0 Å². The highest BCUT2D eigenvalue weighted by Crippen LogP contribution is 2.25. The van der Waals surface area contributed by atoms with E-state index in [0.717, 1.165) is 23.2 Å². The van der Waals surface area contributed by atoms with Crippen LogP contribution in [0.15, 0.2) is 72.8 Å². The van der Waals surface area contributed by atoms with E-state index < -0.39 is 0 Å². The van der Waals surface area contributed by atoms with E-state index in [2.05, 4.69) is 60.7 Å². The first-order valence-electron chi connectivity index (χ1n) is 9.90. The average Bonchev–Trinajstić information content (AvgIpc) is 2.73. The second-order valence-electron chi connectivity index (χ2n) is 7.20. The number of carbonyl (C=O) groups excluding carboxylic acids is 1. The number of nitrogens with zero attached hydrogens (tertiary/aromatic N) is 1. The van der Waals surface area contributed by atoms with Crippen LogP contribution in [0.5, 0.6) is 5.75 Å². The minimum absolute atomic E-state index is 0.134. The van der Waals surface area contributed by atoms with Gasteiger partial charge >= 0.3 is 0 Å². The minimum Gasteiger partial charge on any atom is -0.493 e. The molecule has 0 atom stereocenters. The molecule has 0 fully saturated rings. The Labute approximate surface area is 173 Å². The van der Waals surface area contributed by atoms with E-state index in [1.54, 1.807) is 6.07 Å². The van der Waals surface area contributed by atoms with Gasteiger partial charge in [-0.2, -0.15) is 0 Å². The number of benzene rings is 3. The highest BCUT2D eigenvalue weighted by molar-refractivity contribution is 5.97. The van der Waals surface area contributed by atoms with Crippen molar-refractivity contribution in [2.75, 3.05) is 20.7 Å². The van der Waals surface area contributed by atoms with Gasteiger partial charge in [-0.15, -0.1) is 0 Å². The molecule has 0 unspecified atom stereocenters. The van der Waals surface area contributed by atoms with Gasteiger partial charge in [0.15, 0.2) is 0 Å². The Morgan fingerprint density at radius 3 is 2.34 bits per heavy atom. The first-order chi connectivity index (χ1) is 14.1. The summed E-state index contributed by atoms with van der Waals surface area (Å²) in [6, 6.07) is 24.1. The number of amides is 1. The second-order valence-corrected chi connectivity index (χ2v) is 7.20. The van der Waals surface area contributed by atoms with E-state index in [4.69, 9.17) is 4.74 Å². The van der Waals surface area contributed by atoms with E-state index in [1.807, 2.05) is 37.3 Å². The molecule has 0 saturated carbocycles. The van der Waals surface area contributed by atoms with Crippen molar-refractivity contribution in [2.45, 2.75) is 20.0 Å². The van der Waals surface area contributed by atoms with E-state index in [-0.39, 0.29) is 5.91 Å². The fourth-order valence-electron chi connectivity index (χ4n) is 3.32. The smallest absolute Gasteiger partial charge is 0.255 e. The summed E-state index contributed by atoms with van der Waals surface area (Å²) in [4.78, 5) is 14.9. The third-order valence-electron chi connectivity index (χ3n) is 4.65. The molecule has 0 aliphatic carbocycles. The van der Waals surface area contributed by atoms with E-state index in [9.17, 15) is 4.79 Å². The van der Waals surface area contributed by atoms with Crippen molar-refractivity contribution >= 4 is 5.91 Å². The van der Waals surface area contributed by atoms with Crippen molar-refractivity contribution in [1.29, 1.82) is 0 Å². The third-order valence-corrected chi connectivity index (χ3v) is 4.65. The number of carbonyl (C=O) groups is 1. The number of rotatable bonds is 8. The molecular weight excluding hydrogens is 360 g/mol. The van der Waals surface area contributed by atoms with Crippen molar-refractivity contribution in [2.24, 2.45) is 0 Å². The quantitative estimate of drug-likeness (QED) is 0.606. The molecule has 3 rings (SSSR count). The zero-order valence-corrected chi connectivity index (χ0v) is 17.3. The fourth-order valence-corrected chi connectivity index (χ4v) is 3.32. The van der Waals surface area contributed by atoms with Crippen molar-refractivity contribution < 1.29 is 9.53 Å². The lowest BCUT2D eigenvalue weighted by molar-refractivity contribution is 0.0947. The van der Waals surface area contributed by atoms with Crippen LogP contribution >= 0.6 is 0 Å². The molecular formula is C25H28N2O2. The fraction of sp³-hybridized carbons (Fsp3) is 0.240. The summed E-state index contributed by atoms with van der Waals surface area (Å²) in [6.45, 7) is 3.80. The molecule has 0 aromatic heterocycles. The molecule has 0 aliphatic rings. The second kappa shape index (κ2) is 9.89. The molecule has 0 radical (unpaired) electrons. The van der Waals surface area contributed by atoms with E-state index >= 15 is 0 Å². The predicted octanol–water partition coefficient (Wildman–Crippen LogP) is 4.74. The molecule has 4 heteroatoms. The maximum atomic E-state index is 12.7. The highest BCUT2D eigenvalue weighted by atomic mass is 16.5. The van der Waals surface area contributed by atoms with Crippen LogP contribution in [0.1, 0.15) is 28.4 Å². The molecule has 3 aromatic rings. The maximum absolute atomic E-state index is 12.7. The molecule has 1 N–H and O–H groups in total. The van der Waals surface area contributed by atoms with Gasteiger partial charge < -0.3 is 15.0 Å². The van der Waals surface area contributed by atoms with Gasteiger partial charge in [-0.3, -0.25) is 4.79 Å². The summed E-state index contributed by atoms with van der Waals surface area (Å²) in [6.07, 6.45) is 0. The van der Waals surface area contributed by atoms with Gasteiger partial charge in [0.2, 0.25) is 0 Å². The lowest BCUT2D eigenvalue weighted by atomic mass is 9.98. The monoisotopic (exact) mass is 388 g/mol. The van der Waals surface area contributed by atoms with Crippen molar-refractivity contribution in [3.05, 3.63) is 89.5 Å². The van der Waals surface area contributed by atoms with Crippen LogP contribution in [-0.2, 0) is 13.1 Å². The van der Waals surface area contributed by atoms with Crippen molar-refractivity contribution in [3.8, 4) is 16.9 Å². The molecule has 0 heterocycles. The Morgan fingerprint density at radius 2 is 1.62 bits per heavy atom. The van der Waals surface area contributed by atoms with Gasteiger partial charge in [0, 0.05) is 13.1 Å². The van der Waals surface area contributed by atoms with Gasteiger partial charge in [0.1, 0.15) is 5.75 Å². The topological polar surface area (TPSA) is 41.6 Å². The Bertz CT molecular complexity index is 949. The lowest BCUT2D eigenvalue weighted by Gasteiger charge is -2.14. The summed E-state index contributed by atoms with van der Waals surface area (Å²) in [5, 5.41) is 3.04. The molecule has 29 heavy (non-hydrogen) atoms. The van der Waals surface area contributed by atoms with Gasteiger partial charge in [-0.25, -0.2) is 0 Å². The zero-order valence-electron chi connectivity index (χ0n) is 17.3. The van der Waals surface area contributed by atoms with E-state index in [1.165, 1.54) is 5.56 Å². The van der Waals surface area contributed by atoms with Crippen molar-refractivity contribution in [1.82, 2.24) is 10.2 Å². The molecule has 4 nitrogen and oxygen atoms in total. The average molecular weight is 389 g/mol. The van der Waals surface area contributed by atoms with Gasteiger partial charge in [0.25, 0.3) is 5.91 Å². The number of hydrogen-bond donors (Lipinski definition) is 1. The summed E-state index contributed by atoms with van der Waals surface area (Å²) < 4.78 is 5.58. The molecule has 1 amide bonds. The number of para-hydroxylation sites is 1. The zero-order chi connectivity index (χ0) is 20.6. The number of ether oxygens (including phenoxy) is 1. The molecule has 0 bridgehead atoms. The molecule has 0 spiro atoms. The van der Waals surface area contributed by atoms with Gasteiger partial charge in [0.05, 0.1) is 12.2 Å². The normalized spacial score (nSPS) is 10.8. The Kier molecular flexibility index (Phi) is 7.04. The first kappa shape index (κ1) is 20.6. The molecule has 0 saturated heterocycles. The van der Waals surface area contributed by atoms with Crippen LogP contribution in [0.4, 0.5) is 0 Å². The van der Waals surface area contributed by atoms with Crippen LogP contribution in [-0.4, -0.2) is 31.5 Å². The highest BCUT2D eigenvalue weighted by Gasteiger charge is 2.13. The summed E-state index contributed by atoms with van der Waals surface area (Å²) in [7, 11) is 4.13. The largest absolute Gasteiger partial charge is 0.493 e. The maximum Gasteiger partial charge on any atom is 0.255 e. The van der Waals surface area contributed by atoms with Gasteiger partial charge in [-0.1, -0.05) is 60.7 Å². The van der Waals surface area contributed by atoms with E-state index in [0.29, 0.717) is 24.5 Å². The molecule has 3 aromatic carbocycles. The minimum atomic E-state index is -0.134. The molecule has 150 valence electrons. The Hall–Kier alpha value is -3.11. The first-order valence-corrected chi connectivity index (χ1v) is 9.90. The van der Waals surface area contributed by atoms with Gasteiger partial charge in [-0.05, 0) is 55.4 Å². The lowest BCUT2D eigenvalue weighted by Crippen LogP contribution is -2.23. The van der Waals surface area contributed by atoms with Crippen LogP contribution in [0.3, 0.4) is 0 Å². The summed E-state index contributed by atoms with van der Waals surface area (Å²) in [5.41, 5.74) is 5.18. The van der Waals surface area contributed by atoms with Crippen LogP contribution < -0.4 is 10.1 Å². The summed E-state index contributed by atoms with van der Waals surface area (Å²) >= 11 is 0. The van der Waals surface area contributed by atoms with Crippen molar-refractivity contribution in [3.63, 3.8) is 0 Å². The predicted molar refractivity (Wildman–Crippen MR) is 118 cm³/mol. The standard InChI is InChI=1S/C25H28N2O2/c1-4-29-24-12-8-7-11-23(24)25(28)26-17-21-9-5-6-10-22(21)20-15-13-19(14-16-20)18-27(2)3/h5-16H,4,17-18H2,1-3H3,(H,26,28). The molecule has 0 aliphatic heterocycles. The SMILES string of the molecule is CCOc1ccccc1C(=O)NCc1ccccc1-c1ccc(CN(C)C)cc1. The number of nitrogens with one attached hydrogen (secondary N) is 1. The van der Waals surface area contributed by atoms with Crippen LogP contribution in [0, 0.1) is 0 Å².